The van der Waals surface area contributed by atoms with Crippen molar-refractivity contribution in [3.63, 3.8) is 0 Å². The molecule has 0 aromatic heterocycles. The van der Waals surface area contributed by atoms with Crippen LogP contribution in [-0.4, -0.2) is 32.7 Å². The van der Waals surface area contributed by atoms with Gasteiger partial charge in [0.2, 0.25) is 5.79 Å². The lowest BCUT2D eigenvalue weighted by Gasteiger charge is -2.56. The molecular formula is C24H28O6. The number of ether oxygens (including phenoxy) is 1. The van der Waals surface area contributed by atoms with E-state index >= 15 is 0 Å². The lowest BCUT2D eigenvalue weighted by atomic mass is 9.54. The number of carbonyl (C=O) groups excluding carboxylic acids is 2. The molecule has 6 nitrogen and oxygen atoms in total. The first-order valence-corrected chi connectivity index (χ1v) is 10.2. The Morgan fingerprint density at radius 1 is 1.10 bits per heavy atom. The molecule has 0 unspecified atom stereocenters. The van der Waals surface area contributed by atoms with Gasteiger partial charge in [-0.25, -0.2) is 0 Å². The molecule has 0 saturated carbocycles. The minimum Gasteiger partial charge on any atom is -0.507 e. The van der Waals surface area contributed by atoms with E-state index in [0.717, 1.165) is 0 Å². The number of Topliss-reactive ketones (excluding diaryl/α,β-unsaturated/α-hetero) is 2. The number of phenolic OH excluding ortho intramolecular Hbond substituents is 2. The maximum absolute atomic E-state index is 12.9. The van der Waals surface area contributed by atoms with Crippen LogP contribution in [0, 0.1) is 19.3 Å². The summed E-state index contributed by atoms with van der Waals surface area (Å²) in [7, 11) is 0. The summed E-state index contributed by atoms with van der Waals surface area (Å²) in [6.45, 7) is 9.88. The summed E-state index contributed by atoms with van der Waals surface area (Å²) in [5.41, 5.74) is 3.17. The van der Waals surface area contributed by atoms with Gasteiger partial charge in [-0.15, -0.1) is 0 Å². The van der Waals surface area contributed by atoms with Gasteiger partial charge in [0.25, 0.3) is 0 Å². The van der Waals surface area contributed by atoms with Gasteiger partial charge >= 0.3 is 0 Å². The van der Waals surface area contributed by atoms with E-state index in [-0.39, 0.29) is 29.5 Å². The SMILES string of the molecule is CC(=O)CC1=C(C)C(=O)C(C)=C2O[C@](C)(O)[C@H]3C[C@]12Cc1c(O)c(C)c(O)c(C)c13. The fourth-order valence-corrected chi connectivity index (χ4v) is 5.82. The number of rotatable bonds is 2. The second-order valence-corrected chi connectivity index (χ2v) is 9.28. The second-order valence-electron chi connectivity index (χ2n) is 9.28. The molecule has 0 amide bonds. The second kappa shape index (κ2) is 6.20. The van der Waals surface area contributed by atoms with Crippen LogP contribution in [0.15, 0.2) is 22.5 Å². The third-order valence-electron chi connectivity index (χ3n) is 7.33. The number of aliphatic hydroxyl groups is 1. The van der Waals surface area contributed by atoms with Crippen LogP contribution in [0.5, 0.6) is 11.5 Å². The summed E-state index contributed by atoms with van der Waals surface area (Å²) >= 11 is 0. The molecule has 30 heavy (non-hydrogen) atoms. The molecule has 3 aliphatic rings. The molecular weight excluding hydrogens is 384 g/mol. The number of benzene rings is 1. The summed E-state index contributed by atoms with van der Waals surface area (Å²) < 4.78 is 6.11. The Morgan fingerprint density at radius 3 is 2.33 bits per heavy atom. The number of hydrogen-bond donors (Lipinski definition) is 3. The molecule has 1 saturated heterocycles. The van der Waals surface area contributed by atoms with Gasteiger partial charge in [0.15, 0.2) is 5.78 Å². The number of hydrogen-bond acceptors (Lipinski definition) is 6. The molecule has 1 aliphatic heterocycles. The highest BCUT2D eigenvalue weighted by Gasteiger charge is 2.60. The van der Waals surface area contributed by atoms with Crippen molar-refractivity contribution in [2.24, 2.45) is 5.41 Å². The van der Waals surface area contributed by atoms with Gasteiger partial charge in [0.05, 0.1) is 11.3 Å². The normalized spacial score (nSPS) is 30.1. The van der Waals surface area contributed by atoms with Crippen LogP contribution in [-0.2, 0) is 20.7 Å². The van der Waals surface area contributed by atoms with Crippen molar-refractivity contribution in [2.45, 2.75) is 72.5 Å². The Kier molecular flexibility index (Phi) is 4.27. The smallest absolute Gasteiger partial charge is 0.211 e. The van der Waals surface area contributed by atoms with Gasteiger partial charge in [-0.1, -0.05) is 0 Å². The van der Waals surface area contributed by atoms with Gasteiger partial charge in [0.1, 0.15) is 23.0 Å². The quantitative estimate of drug-likeness (QED) is 0.685. The summed E-state index contributed by atoms with van der Waals surface area (Å²) in [4.78, 5) is 25.1. The van der Waals surface area contributed by atoms with Gasteiger partial charge in [-0.3, -0.25) is 9.59 Å². The maximum Gasteiger partial charge on any atom is 0.211 e. The Labute approximate surface area is 175 Å². The van der Waals surface area contributed by atoms with Crippen LogP contribution in [0.25, 0.3) is 0 Å². The number of aromatic hydroxyl groups is 2. The summed E-state index contributed by atoms with van der Waals surface area (Å²) in [5, 5.41) is 32.8. The zero-order chi connectivity index (χ0) is 22.3. The molecule has 0 radical (unpaired) electrons. The van der Waals surface area contributed by atoms with Crippen molar-refractivity contribution in [1.82, 2.24) is 0 Å². The average molecular weight is 412 g/mol. The van der Waals surface area contributed by atoms with Crippen molar-refractivity contribution in [1.29, 1.82) is 0 Å². The molecule has 1 fully saturated rings. The van der Waals surface area contributed by atoms with E-state index in [1.807, 2.05) is 0 Å². The first-order valence-electron chi connectivity index (χ1n) is 10.2. The van der Waals surface area contributed by atoms with E-state index in [2.05, 4.69) is 0 Å². The molecule has 2 aliphatic carbocycles. The number of carbonyl (C=O) groups is 2. The van der Waals surface area contributed by atoms with Gasteiger partial charge < -0.3 is 20.1 Å². The highest BCUT2D eigenvalue weighted by molar-refractivity contribution is 6.10. The number of ketones is 2. The van der Waals surface area contributed by atoms with E-state index in [4.69, 9.17) is 4.74 Å². The molecule has 6 heteroatoms. The summed E-state index contributed by atoms with van der Waals surface area (Å²) in [6.07, 6.45) is 0.872. The predicted octanol–water partition coefficient (Wildman–Crippen LogP) is 3.62. The molecule has 4 rings (SSSR count). The molecule has 1 heterocycles. The van der Waals surface area contributed by atoms with E-state index < -0.39 is 17.1 Å². The number of fused-ring (bicyclic) bond motifs is 3. The first kappa shape index (κ1) is 20.7. The molecule has 3 N–H and O–H groups in total. The lowest BCUT2D eigenvalue weighted by Crippen LogP contribution is -2.53. The number of allylic oxidation sites excluding steroid dienone is 3. The van der Waals surface area contributed by atoms with Gasteiger partial charge in [-0.05, 0) is 75.3 Å². The fourth-order valence-electron chi connectivity index (χ4n) is 5.82. The van der Waals surface area contributed by atoms with Crippen LogP contribution in [0.4, 0.5) is 0 Å². The highest BCUT2D eigenvalue weighted by atomic mass is 16.6. The van der Waals surface area contributed by atoms with Crippen LogP contribution >= 0.6 is 0 Å². The van der Waals surface area contributed by atoms with Crippen molar-refractivity contribution in [3.8, 4) is 11.5 Å². The minimum atomic E-state index is -1.64. The third-order valence-corrected chi connectivity index (χ3v) is 7.33. The van der Waals surface area contributed by atoms with Crippen molar-refractivity contribution in [3.05, 3.63) is 44.7 Å². The minimum absolute atomic E-state index is 0.00465. The van der Waals surface area contributed by atoms with Crippen molar-refractivity contribution < 1.29 is 29.6 Å². The molecule has 1 spiro atoms. The van der Waals surface area contributed by atoms with Gasteiger partial charge in [-0.2, -0.15) is 0 Å². The van der Waals surface area contributed by atoms with Crippen molar-refractivity contribution in [2.75, 3.05) is 0 Å². The van der Waals surface area contributed by atoms with Gasteiger partial charge in [0, 0.05) is 24.5 Å². The summed E-state index contributed by atoms with van der Waals surface area (Å²) in [5.74, 6) is -2.04. The van der Waals surface area contributed by atoms with E-state index in [1.165, 1.54) is 6.92 Å². The first-order chi connectivity index (χ1) is 13.8. The predicted molar refractivity (Wildman–Crippen MR) is 110 cm³/mol. The number of phenols is 2. The fraction of sp³-hybridized carbons (Fsp3) is 0.500. The molecule has 3 atom stereocenters. The Bertz CT molecular complexity index is 1090. The molecule has 1 aromatic rings. The topological polar surface area (TPSA) is 104 Å². The highest BCUT2D eigenvalue weighted by Crippen LogP contribution is 2.64. The summed E-state index contributed by atoms with van der Waals surface area (Å²) in [6, 6.07) is 0. The Morgan fingerprint density at radius 2 is 1.73 bits per heavy atom. The largest absolute Gasteiger partial charge is 0.507 e. The van der Waals surface area contributed by atoms with Crippen LogP contribution in [0.1, 0.15) is 68.7 Å². The Hall–Kier alpha value is -2.60. The van der Waals surface area contributed by atoms with Crippen LogP contribution in [0.3, 0.4) is 0 Å². The zero-order valence-electron chi connectivity index (χ0n) is 18.3. The zero-order valence-corrected chi connectivity index (χ0v) is 18.3. The van der Waals surface area contributed by atoms with E-state index in [9.17, 15) is 24.9 Å². The van der Waals surface area contributed by atoms with E-state index in [1.54, 1.807) is 34.6 Å². The van der Waals surface area contributed by atoms with Crippen LogP contribution < -0.4 is 0 Å². The lowest BCUT2D eigenvalue weighted by molar-refractivity contribution is -0.221. The standard InChI is InChI=1S/C24H28O6/c1-10(25)7-16-11(2)19(26)14(5)22-24(16)8-15-18(17(9-24)23(6,29)30-22)12(3)20(27)13(4)21(15)28/h17,27-29H,7-9H2,1-6H3/t17-,23-,24+/m0/s1. The van der Waals surface area contributed by atoms with E-state index in [0.29, 0.717) is 57.6 Å². The average Bonchev–Trinajstić information content (AvgIpc) is 2.68. The Balaban J connectivity index is 2.09. The van der Waals surface area contributed by atoms with Crippen LogP contribution in [0.2, 0.25) is 0 Å². The third kappa shape index (κ3) is 2.46. The monoisotopic (exact) mass is 412 g/mol. The maximum atomic E-state index is 12.9. The molecule has 1 aromatic carbocycles. The van der Waals surface area contributed by atoms with Crippen molar-refractivity contribution >= 4 is 11.6 Å². The molecule has 160 valence electrons. The molecule has 2 bridgehead atoms.